The highest BCUT2D eigenvalue weighted by Crippen LogP contribution is 2.35. The van der Waals surface area contributed by atoms with E-state index in [0.29, 0.717) is 5.96 Å². The molecule has 2 N–H and O–H groups in total. The van der Waals surface area contributed by atoms with Gasteiger partial charge in [-0.25, -0.2) is 4.79 Å². The number of anilines is 2. The first-order chi connectivity index (χ1) is 8.22. The normalized spacial score (nSPS) is 24.2. The van der Waals surface area contributed by atoms with Gasteiger partial charge in [0.15, 0.2) is 6.29 Å². The molecule has 17 heavy (non-hydrogen) atoms. The molecular weight excluding hydrogens is 218 g/mol. The van der Waals surface area contributed by atoms with Gasteiger partial charge in [-0.15, -0.1) is 0 Å². The molecule has 0 bridgehead atoms. The van der Waals surface area contributed by atoms with Gasteiger partial charge in [-0.1, -0.05) is 12.1 Å². The molecule has 1 fully saturated rings. The molecule has 1 aromatic rings. The lowest BCUT2D eigenvalue weighted by molar-refractivity contribution is 0.225. The molecule has 0 saturated carbocycles. The number of nitrogens with one attached hydrogen (secondary N) is 2. The second-order valence-corrected chi connectivity index (χ2v) is 3.97. The largest absolute Gasteiger partial charge is 0.346 e. The van der Waals surface area contributed by atoms with E-state index in [1.165, 1.54) is 4.90 Å². The van der Waals surface area contributed by atoms with Crippen LogP contribution in [0.2, 0.25) is 0 Å². The number of carbonyl (C=O) groups is 1. The highest BCUT2D eigenvalue weighted by molar-refractivity contribution is 6.10. The summed E-state index contributed by atoms with van der Waals surface area (Å²) in [6, 6.07) is 7.63. The van der Waals surface area contributed by atoms with Crippen molar-refractivity contribution in [2.45, 2.75) is 6.29 Å². The first-order valence-corrected chi connectivity index (χ1v) is 5.38. The smallest absolute Gasteiger partial charge is 0.334 e. The van der Waals surface area contributed by atoms with Gasteiger partial charge in [0.25, 0.3) is 0 Å². The summed E-state index contributed by atoms with van der Waals surface area (Å²) in [7, 11) is 3.36. The van der Waals surface area contributed by atoms with Gasteiger partial charge in [0.2, 0.25) is 5.96 Å². The van der Waals surface area contributed by atoms with Crippen LogP contribution in [0, 0.1) is 0 Å². The second kappa shape index (κ2) is 3.38. The number of fused-ring (bicyclic) bond motifs is 3. The van der Waals surface area contributed by atoms with Crippen molar-refractivity contribution in [2.24, 2.45) is 4.99 Å². The van der Waals surface area contributed by atoms with Gasteiger partial charge in [0, 0.05) is 14.1 Å². The van der Waals surface area contributed by atoms with Crippen LogP contribution in [0.15, 0.2) is 29.3 Å². The van der Waals surface area contributed by atoms with E-state index in [1.54, 1.807) is 19.0 Å². The molecule has 0 radical (unpaired) electrons. The number of nitrogens with zero attached hydrogens (tertiary/aromatic N) is 3. The van der Waals surface area contributed by atoms with Crippen LogP contribution < -0.4 is 15.5 Å². The lowest BCUT2D eigenvalue weighted by Gasteiger charge is -2.37. The van der Waals surface area contributed by atoms with Crippen molar-refractivity contribution < 1.29 is 4.79 Å². The van der Waals surface area contributed by atoms with Gasteiger partial charge in [0.05, 0.1) is 11.4 Å². The zero-order valence-electron chi connectivity index (χ0n) is 9.64. The van der Waals surface area contributed by atoms with Crippen LogP contribution in [-0.4, -0.2) is 37.3 Å². The van der Waals surface area contributed by atoms with Crippen LogP contribution in [0.25, 0.3) is 0 Å². The van der Waals surface area contributed by atoms with Crippen molar-refractivity contribution in [1.82, 2.24) is 10.2 Å². The minimum Gasteiger partial charge on any atom is -0.346 e. The van der Waals surface area contributed by atoms with E-state index in [1.807, 2.05) is 24.3 Å². The van der Waals surface area contributed by atoms with Gasteiger partial charge >= 0.3 is 6.03 Å². The molecule has 6 nitrogen and oxygen atoms in total. The summed E-state index contributed by atoms with van der Waals surface area (Å²) in [4.78, 5) is 19.5. The van der Waals surface area contributed by atoms with Crippen molar-refractivity contribution in [3.05, 3.63) is 24.3 Å². The number of benzene rings is 1. The third kappa shape index (κ3) is 1.27. The summed E-state index contributed by atoms with van der Waals surface area (Å²) in [6.07, 6.45) is -0.255. The molecule has 2 aliphatic rings. The first kappa shape index (κ1) is 9.95. The van der Waals surface area contributed by atoms with Gasteiger partial charge in [-0.2, -0.15) is 0 Å². The summed E-state index contributed by atoms with van der Waals surface area (Å²) in [5.74, 6) is 0.566. The Balaban J connectivity index is 2.04. The van der Waals surface area contributed by atoms with Crippen LogP contribution in [0.3, 0.4) is 0 Å². The Morgan fingerprint density at radius 1 is 1.29 bits per heavy atom. The molecule has 0 aliphatic carbocycles. The Labute approximate surface area is 98.9 Å². The highest BCUT2D eigenvalue weighted by atomic mass is 16.2. The maximum absolute atomic E-state index is 12.2. The maximum atomic E-state index is 12.2. The van der Waals surface area contributed by atoms with Crippen molar-refractivity contribution >= 4 is 23.4 Å². The Bertz CT molecular complexity index is 512. The molecule has 2 heterocycles. The Morgan fingerprint density at radius 3 is 2.82 bits per heavy atom. The van der Waals surface area contributed by atoms with E-state index in [-0.39, 0.29) is 12.3 Å². The SMILES string of the molecule is CN=C1NC2Nc3ccccc3N2C(=O)N1C. The lowest BCUT2D eigenvalue weighted by atomic mass is 10.3. The Kier molecular flexibility index (Phi) is 1.98. The van der Waals surface area contributed by atoms with E-state index in [0.717, 1.165) is 11.4 Å². The summed E-state index contributed by atoms with van der Waals surface area (Å²) >= 11 is 0. The molecule has 0 aromatic heterocycles. The fourth-order valence-corrected chi connectivity index (χ4v) is 2.16. The van der Waals surface area contributed by atoms with Gasteiger partial charge in [0.1, 0.15) is 0 Å². The predicted molar refractivity (Wildman–Crippen MR) is 66.0 cm³/mol. The van der Waals surface area contributed by atoms with Crippen molar-refractivity contribution in [1.29, 1.82) is 0 Å². The minimum absolute atomic E-state index is 0.0909. The fourth-order valence-electron chi connectivity index (χ4n) is 2.16. The number of amides is 2. The molecule has 1 aromatic carbocycles. The molecule has 6 heteroatoms. The van der Waals surface area contributed by atoms with Crippen molar-refractivity contribution in [3.8, 4) is 0 Å². The van der Waals surface area contributed by atoms with Crippen LogP contribution in [-0.2, 0) is 0 Å². The van der Waals surface area contributed by atoms with Gasteiger partial charge in [-0.3, -0.25) is 14.8 Å². The predicted octanol–water partition coefficient (Wildman–Crippen LogP) is 0.843. The number of rotatable bonds is 0. The average molecular weight is 231 g/mol. The maximum Gasteiger partial charge on any atom is 0.334 e. The Hall–Kier alpha value is -2.24. The lowest BCUT2D eigenvalue weighted by Crippen LogP contribution is -2.65. The summed E-state index contributed by atoms with van der Waals surface area (Å²) in [6.45, 7) is 0. The Morgan fingerprint density at radius 2 is 2.06 bits per heavy atom. The third-order valence-electron chi connectivity index (χ3n) is 3.00. The number of guanidine groups is 1. The number of carbonyl (C=O) groups excluding carboxylic acids is 1. The van der Waals surface area contributed by atoms with Crippen LogP contribution in [0.1, 0.15) is 0 Å². The third-order valence-corrected chi connectivity index (χ3v) is 3.00. The molecule has 1 atom stereocenters. The molecular formula is C11H13N5O. The number of hydrogen-bond donors (Lipinski definition) is 2. The summed E-state index contributed by atoms with van der Waals surface area (Å²) in [5.41, 5.74) is 1.83. The molecule has 1 unspecified atom stereocenters. The summed E-state index contributed by atoms with van der Waals surface area (Å²) < 4.78 is 0. The van der Waals surface area contributed by atoms with Gasteiger partial charge < -0.3 is 10.6 Å². The first-order valence-electron chi connectivity index (χ1n) is 5.38. The quantitative estimate of drug-likeness (QED) is 0.695. The number of hydrogen-bond acceptors (Lipinski definition) is 3. The number of para-hydroxylation sites is 2. The second-order valence-electron chi connectivity index (χ2n) is 3.97. The van der Waals surface area contributed by atoms with Gasteiger partial charge in [-0.05, 0) is 12.1 Å². The van der Waals surface area contributed by atoms with Crippen LogP contribution >= 0.6 is 0 Å². The zero-order chi connectivity index (χ0) is 12.0. The van der Waals surface area contributed by atoms with E-state index < -0.39 is 0 Å². The van der Waals surface area contributed by atoms with Crippen molar-refractivity contribution in [2.75, 3.05) is 24.3 Å². The molecule has 2 aliphatic heterocycles. The molecule has 3 rings (SSSR count). The van der Waals surface area contributed by atoms with Crippen LogP contribution in [0.5, 0.6) is 0 Å². The van der Waals surface area contributed by atoms with E-state index in [4.69, 9.17) is 0 Å². The van der Waals surface area contributed by atoms with E-state index in [9.17, 15) is 4.79 Å². The van der Waals surface area contributed by atoms with Crippen LogP contribution in [0.4, 0.5) is 16.2 Å². The average Bonchev–Trinajstić information content (AvgIpc) is 2.72. The zero-order valence-corrected chi connectivity index (χ0v) is 9.64. The molecule has 2 amide bonds. The summed E-state index contributed by atoms with van der Waals surface area (Å²) in [5, 5.41) is 6.40. The molecule has 0 spiro atoms. The molecule has 1 saturated heterocycles. The number of urea groups is 1. The topological polar surface area (TPSA) is 60.0 Å². The van der Waals surface area contributed by atoms with E-state index in [2.05, 4.69) is 15.6 Å². The highest BCUT2D eigenvalue weighted by Gasteiger charge is 2.40. The number of aliphatic imine (C=N–C) groups is 1. The minimum atomic E-state index is -0.255. The van der Waals surface area contributed by atoms with Crippen molar-refractivity contribution in [3.63, 3.8) is 0 Å². The van der Waals surface area contributed by atoms with E-state index >= 15 is 0 Å². The molecule has 88 valence electrons. The standard InChI is InChI=1S/C11H13N5O/c1-12-9-14-10-13-7-5-3-4-6-8(7)16(10)11(17)15(9)2/h3-6,10,13H,1-2H3,(H,12,14). The fraction of sp³-hybridized carbons (Fsp3) is 0.273. The monoisotopic (exact) mass is 231 g/mol.